The molecule has 0 saturated heterocycles. The fourth-order valence-corrected chi connectivity index (χ4v) is 3.37. The number of carbonyl (C=O) groups excluding carboxylic acids is 2. The Balaban J connectivity index is 2.03. The van der Waals surface area contributed by atoms with Crippen molar-refractivity contribution in [3.63, 3.8) is 0 Å². The van der Waals surface area contributed by atoms with E-state index in [2.05, 4.69) is 10.6 Å². The highest BCUT2D eigenvalue weighted by atomic mass is 32.1. The summed E-state index contributed by atoms with van der Waals surface area (Å²) < 4.78 is 0. The number of nitrogens with one attached hydrogen (secondary N) is 2. The van der Waals surface area contributed by atoms with Gasteiger partial charge in [-0.1, -0.05) is 43.3 Å². The molecule has 0 saturated carbocycles. The highest BCUT2D eigenvalue weighted by Crippen LogP contribution is 2.25. The van der Waals surface area contributed by atoms with Crippen LogP contribution in [0.2, 0.25) is 0 Å². The monoisotopic (exact) mass is 359 g/mol. The van der Waals surface area contributed by atoms with Crippen molar-refractivity contribution < 1.29 is 9.59 Å². The molecule has 134 valence electrons. The van der Waals surface area contributed by atoms with Crippen LogP contribution in [0, 0.1) is 0 Å². The predicted octanol–water partition coefficient (Wildman–Crippen LogP) is 2.41. The van der Waals surface area contributed by atoms with E-state index in [9.17, 15) is 9.59 Å². The lowest BCUT2D eigenvalue weighted by molar-refractivity contribution is -0.125. The van der Waals surface area contributed by atoms with E-state index in [1.807, 2.05) is 66.6 Å². The summed E-state index contributed by atoms with van der Waals surface area (Å²) in [4.78, 5) is 27.2. The summed E-state index contributed by atoms with van der Waals surface area (Å²) in [5.74, 6) is -0.150. The fourth-order valence-electron chi connectivity index (χ4n) is 2.57. The van der Waals surface area contributed by atoms with E-state index in [1.165, 1.54) is 0 Å². The molecule has 1 heterocycles. The van der Waals surface area contributed by atoms with E-state index in [0.29, 0.717) is 13.1 Å². The van der Waals surface area contributed by atoms with Crippen molar-refractivity contribution in [1.82, 2.24) is 15.5 Å². The number of hydrogen-bond donors (Lipinski definition) is 2. The molecule has 6 heteroatoms. The van der Waals surface area contributed by atoms with Gasteiger partial charge in [-0.15, -0.1) is 11.3 Å². The molecule has 2 aromatic rings. The maximum atomic E-state index is 12.6. The van der Waals surface area contributed by atoms with Crippen LogP contribution in [0.4, 0.5) is 0 Å². The minimum absolute atomic E-state index is 0.0602. The van der Waals surface area contributed by atoms with Gasteiger partial charge in [0.05, 0.1) is 19.1 Å². The summed E-state index contributed by atoms with van der Waals surface area (Å²) >= 11 is 1.62. The Morgan fingerprint density at radius 2 is 1.76 bits per heavy atom. The van der Waals surface area contributed by atoms with Gasteiger partial charge in [-0.3, -0.25) is 14.5 Å². The minimum atomic E-state index is -0.170. The molecule has 2 rings (SSSR count). The molecule has 5 nitrogen and oxygen atoms in total. The van der Waals surface area contributed by atoms with Crippen LogP contribution < -0.4 is 10.6 Å². The lowest BCUT2D eigenvalue weighted by Crippen LogP contribution is -2.43. The zero-order valence-corrected chi connectivity index (χ0v) is 15.5. The molecule has 0 radical (unpaired) electrons. The van der Waals surface area contributed by atoms with E-state index in [4.69, 9.17) is 0 Å². The molecule has 0 spiro atoms. The average Bonchev–Trinajstić information content (AvgIpc) is 3.14. The predicted molar refractivity (Wildman–Crippen MR) is 102 cm³/mol. The van der Waals surface area contributed by atoms with Crippen LogP contribution in [0.1, 0.15) is 30.3 Å². The second-order valence-electron chi connectivity index (χ2n) is 5.68. The molecular weight excluding hydrogens is 334 g/mol. The van der Waals surface area contributed by atoms with Crippen molar-refractivity contribution >= 4 is 23.2 Å². The SMILES string of the molecule is CCNC(=O)CN(CC)CC(=O)N[C@H](c1ccccc1)c1cccs1. The zero-order valence-electron chi connectivity index (χ0n) is 14.7. The summed E-state index contributed by atoms with van der Waals surface area (Å²) in [7, 11) is 0. The summed E-state index contributed by atoms with van der Waals surface area (Å²) in [6.07, 6.45) is 0. The lowest BCUT2D eigenvalue weighted by atomic mass is 10.1. The van der Waals surface area contributed by atoms with Crippen molar-refractivity contribution in [3.05, 3.63) is 58.3 Å². The van der Waals surface area contributed by atoms with Gasteiger partial charge in [0.1, 0.15) is 0 Å². The summed E-state index contributed by atoms with van der Waals surface area (Å²) in [5.41, 5.74) is 1.05. The normalized spacial score (nSPS) is 12.0. The van der Waals surface area contributed by atoms with Crippen LogP contribution in [-0.2, 0) is 9.59 Å². The Bertz CT molecular complexity index is 659. The quantitative estimate of drug-likeness (QED) is 0.723. The molecule has 0 bridgehead atoms. The number of carbonyl (C=O) groups is 2. The number of benzene rings is 1. The highest BCUT2D eigenvalue weighted by Gasteiger charge is 2.19. The van der Waals surface area contributed by atoms with Gasteiger partial charge in [0, 0.05) is 11.4 Å². The van der Waals surface area contributed by atoms with Gasteiger partial charge < -0.3 is 10.6 Å². The fraction of sp³-hybridized carbons (Fsp3) is 0.368. The molecule has 2 N–H and O–H groups in total. The number of likely N-dealkylation sites (N-methyl/N-ethyl adjacent to an activating group) is 2. The van der Waals surface area contributed by atoms with Crippen molar-refractivity contribution in [2.24, 2.45) is 0 Å². The number of amides is 2. The van der Waals surface area contributed by atoms with Crippen LogP contribution in [-0.4, -0.2) is 42.9 Å². The number of nitrogens with zero attached hydrogens (tertiary/aromatic N) is 1. The first-order valence-corrected chi connectivity index (χ1v) is 9.38. The molecule has 25 heavy (non-hydrogen) atoms. The van der Waals surface area contributed by atoms with E-state index in [1.54, 1.807) is 11.3 Å². The van der Waals surface area contributed by atoms with Gasteiger partial charge >= 0.3 is 0 Å². The van der Waals surface area contributed by atoms with Crippen LogP contribution in [0.15, 0.2) is 47.8 Å². The average molecular weight is 359 g/mol. The van der Waals surface area contributed by atoms with Crippen molar-refractivity contribution in [2.75, 3.05) is 26.2 Å². The molecule has 1 atom stereocenters. The molecule has 0 unspecified atom stereocenters. The number of hydrogen-bond acceptors (Lipinski definition) is 4. The van der Waals surface area contributed by atoms with E-state index >= 15 is 0 Å². The minimum Gasteiger partial charge on any atom is -0.355 e. The van der Waals surface area contributed by atoms with Gasteiger partial charge in [-0.05, 0) is 30.5 Å². The first-order valence-electron chi connectivity index (χ1n) is 8.50. The Morgan fingerprint density at radius 1 is 1.04 bits per heavy atom. The van der Waals surface area contributed by atoms with Gasteiger partial charge in [0.15, 0.2) is 0 Å². The summed E-state index contributed by atoms with van der Waals surface area (Å²) in [6.45, 7) is 5.48. The molecular formula is C19H25N3O2S. The van der Waals surface area contributed by atoms with Crippen LogP contribution in [0.25, 0.3) is 0 Å². The van der Waals surface area contributed by atoms with Gasteiger partial charge in [0.2, 0.25) is 11.8 Å². The Hall–Kier alpha value is -2.18. The first-order chi connectivity index (χ1) is 12.1. The van der Waals surface area contributed by atoms with Crippen LogP contribution in [0.3, 0.4) is 0 Å². The molecule has 0 aliphatic rings. The smallest absolute Gasteiger partial charge is 0.234 e. The molecule has 0 aliphatic heterocycles. The molecule has 1 aromatic carbocycles. The van der Waals surface area contributed by atoms with Crippen molar-refractivity contribution in [3.8, 4) is 0 Å². The van der Waals surface area contributed by atoms with E-state index < -0.39 is 0 Å². The number of thiophene rings is 1. The van der Waals surface area contributed by atoms with E-state index in [0.717, 1.165) is 10.4 Å². The molecule has 2 amide bonds. The topological polar surface area (TPSA) is 61.4 Å². The zero-order chi connectivity index (χ0) is 18.1. The standard InChI is InChI=1S/C19H25N3O2S/c1-3-20-17(23)13-22(4-2)14-18(24)21-19(16-11-8-12-25-16)15-9-6-5-7-10-15/h5-12,19H,3-4,13-14H2,1-2H3,(H,20,23)(H,21,24)/t19-/m1/s1. The van der Waals surface area contributed by atoms with Gasteiger partial charge in [0.25, 0.3) is 0 Å². The third kappa shape index (κ3) is 5.99. The Kier molecular flexibility index (Phi) is 7.63. The summed E-state index contributed by atoms with van der Waals surface area (Å²) in [6, 6.07) is 13.8. The largest absolute Gasteiger partial charge is 0.355 e. The van der Waals surface area contributed by atoms with Gasteiger partial charge in [-0.2, -0.15) is 0 Å². The van der Waals surface area contributed by atoms with Gasteiger partial charge in [-0.25, -0.2) is 0 Å². The number of rotatable bonds is 9. The second-order valence-corrected chi connectivity index (χ2v) is 6.66. The Morgan fingerprint density at radius 3 is 2.36 bits per heavy atom. The Labute approximate surface area is 153 Å². The second kappa shape index (κ2) is 9.96. The highest BCUT2D eigenvalue weighted by molar-refractivity contribution is 7.10. The summed E-state index contributed by atoms with van der Waals surface area (Å²) in [5, 5.41) is 7.87. The van der Waals surface area contributed by atoms with Crippen molar-refractivity contribution in [1.29, 1.82) is 0 Å². The van der Waals surface area contributed by atoms with Crippen molar-refractivity contribution in [2.45, 2.75) is 19.9 Å². The third-order valence-corrected chi connectivity index (χ3v) is 4.76. The third-order valence-electron chi connectivity index (χ3n) is 3.82. The molecule has 0 fully saturated rings. The lowest BCUT2D eigenvalue weighted by Gasteiger charge is -2.22. The molecule has 0 aliphatic carbocycles. The van der Waals surface area contributed by atoms with Crippen LogP contribution >= 0.6 is 11.3 Å². The maximum Gasteiger partial charge on any atom is 0.234 e. The maximum absolute atomic E-state index is 12.6. The molecule has 1 aromatic heterocycles. The van der Waals surface area contributed by atoms with Crippen LogP contribution in [0.5, 0.6) is 0 Å². The first kappa shape index (κ1) is 19.1. The van der Waals surface area contributed by atoms with E-state index in [-0.39, 0.29) is 30.9 Å².